The molecule has 0 bridgehead atoms. The minimum atomic E-state index is -1.99. The quantitative estimate of drug-likeness (QED) is 0.0109. The Bertz CT molecular complexity index is 6560. The zero-order valence-electron chi connectivity index (χ0n) is 80.9. The summed E-state index contributed by atoms with van der Waals surface area (Å²) in [7, 11) is -0.478. The predicted molar refractivity (Wildman–Crippen MR) is 539 cm³/mol. The number of hydrogen-bond acceptors (Lipinski definition) is 31. The van der Waals surface area contributed by atoms with Crippen molar-refractivity contribution in [3.8, 4) is 40.2 Å². The van der Waals surface area contributed by atoms with E-state index in [1.807, 2.05) is 84.3 Å². The van der Waals surface area contributed by atoms with Crippen LogP contribution in [0.5, 0.6) is 40.2 Å². The van der Waals surface area contributed by atoms with Crippen molar-refractivity contribution in [3.63, 3.8) is 0 Å². The van der Waals surface area contributed by atoms with Gasteiger partial charge in [0.2, 0.25) is 16.6 Å². The number of ether oxygens (including phenoxy) is 5. The topological polar surface area (TPSA) is 533 Å². The van der Waals surface area contributed by atoms with Crippen LogP contribution in [0, 0.1) is 54.3 Å². The molecule has 16 rings (SSSR count). The fraction of sp³-hybridized carbons (Fsp3) is 0.306. The number of carboxylic acids is 1. The number of carboxylic acid groups (broad SMARTS) is 1. The molecule has 0 unspecified atom stereocenters. The second kappa shape index (κ2) is 47.1. The first-order valence-electron chi connectivity index (χ1n) is 44.4. The van der Waals surface area contributed by atoms with E-state index in [0.29, 0.717) is 146 Å². The standard InChI is InChI=1S/C26H25N5O6.C24H23N5O4.C13H20BrNO3Si.C13H21NO3Si.C8H7NO3.C7H7NO4.C7H7NO3/c1-3-30-23-17(25(34)29(2)20-7-5-10-27-24(20)30)12-16(13-28-23)9-11-36-21-8-4-6-19-18(21)15-37-26(35)31(19)14-22(32)33;1-3-29-21-16(23(30)28(2)19-7-5-10-25-22(19)29)12-15(13-26-21)9-11-32-20-8-4-6-18-17(20)14-33-24(31)27-18;1-13(2,3)19(4,5)18-12-8-6-7-11(15(16)17)10(12)9-14;1-10-11(14(15)16)8-7-9-12(10)17-18(5,6)13(2,3)4;10-7-3-1-2-6-5(7)4-12-8(11)9-6;9-4-5-6(8(11)12)2-1-3-7(5)10;1-5-6(8(10)11)3-2-4-7(5)9/h4-8,10,12-13H,3,9,11,14-15H2,1-2H3,(H,32,33);4-8,10,12-13H,3,9,11,14H2,1-2H3,(H,27,31);6-8H,9H2,1-5H3;7-9H,1-6H3;1-3,10H,4H2,(H,9,11);1-3,9-10H,4H2;2-4,9H,1H3. The van der Waals surface area contributed by atoms with Crippen molar-refractivity contribution < 1.29 is 107 Å². The lowest BCUT2D eigenvalue weighted by molar-refractivity contribution is -0.386. The summed E-state index contributed by atoms with van der Waals surface area (Å²) in [5.74, 6) is 3.35. The van der Waals surface area contributed by atoms with Crippen molar-refractivity contribution in [1.82, 2.24) is 19.9 Å². The molecule has 5 aliphatic rings. The smallest absolute Gasteiger partial charge is 0.415 e. The number of benzene rings is 7. The summed E-state index contributed by atoms with van der Waals surface area (Å²) in [6.07, 6.45) is 6.28. The Morgan fingerprint density at radius 2 is 0.873 bits per heavy atom. The number of aliphatic hydroxyl groups excluding tert-OH is 1. The number of fused-ring (bicyclic) bond motifs is 7. The Hall–Kier alpha value is -16.0. The Labute approximate surface area is 827 Å². The van der Waals surface area contributed by atoms with Gasteiger partial charge in [-0.2, -0.15) is 0 Å². The number of nitro benzene ring substituents is 4. The van der Waals surface area contributed by atoms with Crippen molar-refractivity contribution in [1.29, 1.82) is 0 Å². The van der Waals surface area contributed by atoms with Gasteiger partial charge in [-0.25, -0.2) is 34.3 Å². The maximum atomic E-state index is 13.3. The molecule has 11 aromatic rings. The third kappa shape index (κ3) is 25.9. The van der Waals surface area contributed by atoms with E-state index in [1.54, 1.807) is 110 Å². The molecule has 44 heteroatoms. The van der Waals surface area contributed by atoms with Crippen LogP contribution in [-0.2, 0) is 63.6 Å². The molecule has 0 radical (unpaired) electrons. The highest BCUT2D eigenvalue weighted by atomic mass is 79.9. The number of phenols is 3. The summed E-state index contributed by atoms with van der Waals surface area (Å²) < 4.78 is 39.2. The van der Waals surface area contributed by atoms with Crippen LogP contribution in [0.3, 0.4) is 0 Å². The number of carbonyl (C=O) groups excluding carboxylic acids is 5. The lowest BCUT2D eigenvalue weighted by Crippen LogP contribution is -2.44. The number of rotatable bonds is 22. The van der Waals surface area contributed by atoms with Gasteiger partial charge in [0, 0.05) is 94.4 Å². The number of cyclic esters (lactones) is 3. The highest BCUT2D eigenvalue weighted by molar-refractivity contribution is 9.08. The van der Waals surface area contributed by atoms with E-state index in [0.717, 1.165) is 27.3 Å². The number of amides is 5. The molecule has 5 amide bonds. The molecule has 0 spiro atoms. The largest absolute Gasteiger partial charge is 0.543 e. The molecule has 9 heterocycles. The first-order chi connectivity index (χ1) is 67.2. The lowest BCUT2D eigenvalue weighted by Gasteiger charge is -2.36. The number of alkyl halides is 1. The van der Waals surface area contributed by atoms with Crippen molar-refractivity contribution in [2.45, 2.75) is 150 Å². The highest BCUT2D eigenvalue weighted by Crippen LogP contribution is 2.46. The van der Waals surface area contributed by atoms with Gasteiger partial charge < -0.3 is 77.7 Å². The van der Waals surface area contributed by atoms with Gasteiger partial charge in [0.15, 0.2) is 11.6 Å². The third-order valence-electron chi connectivity index (χ3n) is 24.0. The number of aliphatic hydroxyl groups is 1. The minimum absolute atomic E-state index is 0.0108. The molecule has 4 aromatic heterocycles. The zero-order valence-corrected chi connectivity index (χ0v) is 84.5. The van der Waals surface area contributed by atoms with Gasteiger partial charge in [-0.15, -0.1) is 0 Å². The summed E-state index contributed by atoms with van der Waals surface area (Å²) in [6, 6.07) is 44.7. The van der Waals surface area contributed by atoms with Gasteiger partial charge in [-0.05, 0) is 172 Å². The Morgan fingerprint density at radius 3 is 1.33 bits per heavy atom. The summed E-state index contributed by atoms with van der Waals surface area (Å²) in [5, 5.41) is 93.5. The molecular weight excluding hydrogens is 1940 g/mol. The van der Waals surface area contributed by atoms with Crippen LogP contribution in [-0.4, -0.2) is 165 Å². The minimum Gasteiger partial charge on any atom is -0.543 e. The van der Waals surface area contributed by atoms with Gasteiger partial charge in [-0.1, -0.05) is 99.9 Å². The van der Waals surface area contributed by atoms with Crippen LogP contribution >= 0.6 is 15.9 Å². The van der Waals surface area contributed by atoms with Gasteiger partial charge in [-0.3, -0.25) is 70.4 Å². The number of hydrogen-bond donors (Lipinski definition) is 7. The van der Waals surface area contributed by atoms with Crippen LogP contribution in [0.4, 0.5) is 88.8 Å². The van der Waals surface area contributed by atoms with Crippen LogP contribution in [0.2, 0.25) is 36.3 Å². The number of phenolic OH excluding ortho intramolecular Hbond substituents is 2. The fourth-order valence-corrected chi connectivity index (χ4v) is 16.8. The Kier molecular flexibility index (Phi) is 35.9. The number of pyridine rings is 4. The SMILES string of the molecule is CC(C)(C)[Si](C)(C)Oc1cccc([N+](=O)[O-])c1CBr.CCN1c2ncc(CCOc3cccc4c3COC(=O)N4)cc2C(=O)N(C)c2cccnc21.CCN1c2ncc(CCOc3cccc4c3COC(=O)N4CC(=O)O)cc2C(=O)N(C)c2cccnc21.Cc1c(O)cccc1[N+](=O)[O-].Cc1c(O[Si](C)(C)C(C)(C)C)cccc1[N+](=O)[O-].O=C1Nc2cccc(O)c2CO1.O=[N+]([O-])c1cccc(O)c1CO. The molecule has 41 nitrogen and oxygen atoms in total. The van der Waals surface area contributed by atoms with E-state index in [4.69, 9.17) is 48.2 Å². The molecule has 748 valence electrons. The van der Waals surface area contributed by atoms with E-state index in [-0.39, 0.29) is 104 Å². The van der Waals surface area contributed by atoms with E-state index in [2.05, 4.69) is 119 Å². The molecular formula is C98H110BrN15O26Si2. The van der Waals surface area contributed by atoms with Crippen LogP contribution < -0.4 is 53.5 Å². The second-order valence-corrected chi connectivity index (χ2v) is 45.2. The first kappa shape index (κ1) is 108. The van der Waals surface area contributed by atoms with Crippen molar-refractivity contribution in [2.75, 3.05) is 82.1 Å². The van der Waals surface area contributed by atoms with Crippen molar-refractivity contribution in [3.05, 3.63) is 290 Å². The fourth-order valence-electron chi connectivity index (χ4n) is 14.2. The number of nitro groups is 4. The van der Waals surface area contributed by atoms with Gasteiger partial charge in [0.05, 0.1) is 118 Å². The van der Waals surface area contributed by atoms with Crippen LogP contribution in [0.1, 0.15) is 126 Å². The maximum Gasteiger partial charge on any atom is 0.415 e. The van der Waals surface area contributed by atoms with E-state index >= 15 is 0 Å². The normalized spacial score (nSPS) is 13.1. The summed E-state index contributed by atoms with van der Waals surface area (Å²) >= 11 is 3.32. The molecule has 0 atom stereocenters. The number of aliphatic carboxylic acids is 1. The van der Waals surface area contributed by atoms with E-state index in [9.17, 15) is 74.3 Å². The van der Waals surface area contributed by atoms with E-state index < -0.39 is 63.9 Å². The second-order valence-electron chi connectivity index (χ2n) is 35.2. The van der Waals surface area contributed by atoms with Gasteiger partial charge in [0.25, 0.3) is 34.6 Å². The van der Waals surface area contributed by atoms with Crippen LogP contribution in [0.15, 0.2) is 189 Å². The number of carbonyl (C=O) groups is 6. The molecule has 0 aliphatic carbocycles. The van der Waals surface area contributed by atoms with Crippen LogP contribution in [0.25, 0.3) is 0 Å². The molecule has 0 saturated heterocycles. The molecule has 7 N–H and O–H groups in total. The molecule has 0 fully saturated rings. The summed E-state index contributed by atoms with van der Waals surface area (Å²) in [4.78, 5) is 139. The third-order valence-corrected chi connectivity index (χ3v) is 33.3. The van der Waals surface area contributed by atoms with Crippen molar-refractivity contribution >= 4 is 143 Å². The Morgan fingerprint density at radius 1 is 0.479 bits per heavy atom. The number of aromatic nitrogens is 4. The molecule has 0 saturated carbocycles. The molecule has 5 aliphatic heterocycles. The highest BCUT2D eigenvalue weighted by Gasteiger charge is 2.42. The lowest BCUT2D eigenvalue weighted by atomic mass is 10.1. The maximum absolute atomic E-state index is 13.3. The Balaban J connectivity index is 0.000000179. The number of nitrogens with zero attached hydrogens (tertiary/aromatic N) is 13. The van der Waals surface area contributed by atoms with Gasteiger partial charge in [0.1, 0.15) is 78.2 Å². The number of nitrogens with one attached hydrogen (secondary N) is 2. The average Bonchev–Trinajstić information content (AvgIpc) is 1.74. The molecule has 142 heavy (non-hydrogen) atoms. The average molecular weight is 2050 g/mol. The number of anilines is 9. The molecule has 7 aromatic carbocycles. The number of halogens is 1. The zero-order chi connectivity index (χ0) is 104. The van der Waals surface area contributed by atoms with Gasteiger partial charge >= 0.3 is 24.2 Å². The summed E-state index contributed by atoms with van der Waals surface area (Å²) in [5.41, 5.74) is 9.33. The number of aromatic hydroxyl groups is 3. The summed E-state index contributed by atoms with van der Waals surface area (Å²) in [6.45, 7) is 29.7. The predicted octanol–water partition coefficient (Wildman–Crippen LogP) is 20.3. The first-order valence-corrected chi connectivity index (χ1v) is 51.4. The van der Waals surface area contributed by atoms with E-state index in [1.165, 1.54) is 55.5 Å². The monoisotopic (exact) mass is 2050 g/mol. The van der Waals surface area contributed by atoms with Crippen molar-refractivity contribution in [2.24, 2.45) is 0 Å².